The van der Waals surface area contributed by atoms with Gasteiger partial charge in [-0.2, -0.15) is 10.2 Å². The van der Waals surface area contributed by atoms with Crippen molar-refractivity contribution in [1.29, 1.82) is 0 Å². The third-order valence-corrected chi connectivity index (χ3v) is 18.9. The standard InChI is InChI=1S/C17H26N2.4C15H23N3.5CH4/c1-9(2)15-11(5)12(6)17-18-16(10(3)4)14(8)19(17)13(15)7;1-8(2)13-11(6)18-12(7)14(9(3)4)17-15(18)10(5)16-13;1-8(2)13-10(5)16-15-17-14(9(3)4)12(7)18(15)11(13)6;1-8(2)13-10(5)11(6)15-16-14(9(3)4)12(7)18(15)17-13;1-8(2)13-10(5)11(6)15-16-14(9(3)4)17-18(15)12(13)7;;;;;/h9-10H,1-8H3;4*8-9H,1-7H3;5*1H4. The SMILES string of the molecule is C.C.C.C.C.Cc1c(C(C)C)c(C)n2c(C)c(C(C)C)nc2c1C.Cc1c(C(C)C)c(C)n2nc(C(C)C)nc2c1C.Cc1c(C(C)C)nn2c(C)c(C(C)C)nc2c1C.Cc1nc(C(C)C)c(C)n2c(C)c(C(C)C)nc12.Cc1nc2nc(C(C)C)c(C)n2c(C)c1C(C)C. The summed E-state index contributed by atoms with van der Waals surface area (Å²) < 4.78 is 10.9. The minimum Gasteiger partial charge on any atom is -0.301 e. The van der Waals surface area contributed by atoms with E-state index in [1.807, 2.05) is 9.03 Å². The summed E-state index contributed by atoms with van der Waals surface area (Å²) in [6, 6.07) is 0. The molecule has 0 spiro atoms. The summed E-state index contributed by atoms with van der Waals surface area (Å²) in [6.07, 6.45) is 0. The van der Waals surface area contributed by atoms with Crippen LogP contribution in [0, 0.1) is 111 Å². The second-order valence-electron chi connectivity index (χ2n) is 29.3. The van der Waals surface area contributed by atoms with Gasteiger partial charge < -0.3 is 4.40 Å². The number of nitrogens with zero attached hydrogens (tertiary/aromatic N) is 14. The normalized spacial score (nSPS) is 11.4. The number of aromatic nitrogens is 14. The van der Waals surface area contributed by atoms with Crippen LogP contribution < -0.4 is 0 Å². The third-order valence-electron chi connectivity index (χ3n) is 18.9. The molecule has 0 bridgehead atoms. The first-order valence-electron chi connectivity index (χ1n) is 34.1. The van der Waals surface area contributed by atoms with Crippen molar-refractivity contribution >= 4 is 28.4 Å². The monoisotopic (exact) mass is 1320 g/mol. The minimum absolute atomic E-state index is 0. The van der Waals surface area contributed by atoms with E-state index in [2.05, 4.69) is 283 Å². The van der Waals surface area contributed by atoms with E-state index in [-0.39, 0.29) is 37.1 Å². The quantitative estimate of drug-likeness (QED) is 0.131. The molecule has 0 radical (unpaired) electrons. The molecule has 0 atom stereocenters. The second-order valence-corrected chi connectivity index (χ2v) is 29.3. The highest BCUT2D eigenvalue weighted by molar-refractivity contribution is 5.60. The van der Waals surface area contributed by atoms with Crippen LogP contribution in [0.25, 0.3) is 28.4 Å². The molecule has 10 rings (SSSR count). The highest BCUT2D eigenvalue weighted by Gasteiger charge is 2.25. The zero-order chi connectivity index (χ0) is 68.9. The Labute approximate surface area is 585 Å². The predicted octanol–water partition coefficient (Wildman–Crippen LogP) is 23.6. The molecule has 536 valence electrons. The summed E-state index contributed by atoms with van der Waals surface area (Å²) in [6.45, 7) is 78.6. The number of hydrogen-bond donors (Lipinski definition) is 0. The molecule has 0 amide bonds. The van der Waals surface area contributed by atoms with Gasteiger partial charge in [0.15, 0.2) is 22.8 Å². The lowest BCUT2D eigenvalue weighted by molar-refractivity contribution is 0.736. The Morgan fingerprint density at radius 1 is 0.219 bits per heavy atom. The van der Waals surface area contributed by atoms with Crippen LogP contribution in [0.1, 0.15) is 382 Å². The van der Waals surface area contributed by atoms with Gasteiger partial charge in [0, 0.05) is 51.5 Å². The van der Waals surface area contributed by atoms with Gasteiger partial charge in [0.25, 0.3) is 0 Å². The molecule has 0 saturated carbocycles. The molecule has 0 aromatic carbocycles. The van der Waals surface area contributed by atoms with Crippen LogP contribution in [-0.4, -0.2) is 67.3 Å². The van der Waals surface area contributed by atoms with Gasteiger partial charge in [0.1, 0.15) is 5.65 Å². The van der Waals surface area contributed by atoms with Crippen molar-refractivity contribution in [3.8, 4) is 0 Å². The number of rotatable bonds is 10. The zero-order valence-corrected chi connectivity index (χ0v) is 63.5. The van der Waals surface area contributed by atoms with E-state index in [4.69, 9.17) is 25.0 Å². The number of hydrogen-bond acceptors (Lipinski definition) is 9. The van der Waals surface area contributed by atoms with Gasteiger partial charge in [-0.05, 0) is 214 Å². The van der Waals surface area contributed by atoms with Crippen LogP contribution in [-0.2, 0) is 0 Å². The van der Waals surface area contributed by atoms with E-state index >= 15 is 0 Å². The summed E-state index contributed by atoms with van der Waals surface area (Å²) in [4.78, 5) is 33.2. The molecule has 10 aromatic rings. The average Bonchev–Trinajstić information content (AvgIpc) is 1.59. The summed E-state index contributed by atoms with van der Waals surface area (Å²) in [5.74, 6) is 6.38. The van der Waals surface area contributed by atoms with Gasteiger partial charge in [0.05, 0.1) is 45.6 Å². The number of aryl methyl sites for hydroxylation is 13. The Hall–Kier alpha value is -6.83. The third kappa shape index (κ3) is 16.6. The van der Waals surface area contributed by atoms with Crippen LogP contribution in [0.2, 0.25) is 0 Å². The molecule has 0 aliphatic rings. The lowest BCUT2D eigenvalue weighted by Crippen LogP contribution is -2.07. The summed E-state index contributed by atoms with van der Waals surface area (Å²) in [7, 11) is 0. The number of pyridine rings is 2. The van der Waals surface area contributed by atoms with E-state index in [1.54, 1.807) is 0 Å². The molecule has 96 heavy (non-hydrogen) atoms. The Morgan fingerprint density at radius 3 is 0.969 bits per heavy atom. The molecular formula is C82H138N14. The summed E-state index contributed by atoms with van der Waals surface area (Å²) in [5.41, 5.74) is 35.5. The largest absolute Gasteiger partial charge is 0.301 e. The fourth-order valence-electron chi connectivity index (χ4n) is 14.2. The van der Waals surface area contributed by atoms with Crippen molar-refractivity contribution in [2.75, 3.05) is 0 Å². The smallest absolute Gasteiger partial charge is 0.234 e. The first-order valence-corrected chi connectivity index (χ1v) is 34.1. The van der Waals surface area contributed by atoms with E-state index in [9.17, 15) is 0 Å². The Morgan fingerprint density at radius 2 is 0.542 bits per heavy atom. The molecule has 0 saturated heterocycles. The molecular weight excluding hydrogens is 1180 g/mol. The lowest BCUT2D eigenvalue weighted by atomic mass is 9.94. The molecule has 14 nitrogen and oxygen atoms in total. The predicted molar refractivity (Wildman–Crippen MR) is 417 cm³/mol. The maximum atomic E-state index is 4.90. The van der Waals surface area contributed by atoms with Crippen molar-refractivity contribution in [3.05, 3.63) is 147 Å². The van der Waals surface area contributed by atoms with Gasteiger partial charge >= 0.3 is 0 Å². The van der Waals surface area contributed by atoms with Crippen molar-refractivity contribution in [2.24, 2.45) is 0 Å². The molecule has 0 fully saturated rings. The molecule has 0 unspecified atom stereocenters. The summed E-state index contributed by atoms with van der Waals surface area (Å²) in [5, 5.41) is 9.45. The maximum absolute atomic E-state index is 4.90. The van der Waals surface area contributed by atoms with E-state index in [1.165, 1.54) is 118 Å². The maximum Gasteiger partial charge on any atom is 0.234 e. The van der Waals surface area contributed by atoms with Gasteiger partial charge in [-0.15, -0.1) is 0 Å². The van der Waals surface area contributed by atoms with E-state index in [0.29, 0.717) is 59.2 Å². The minimum atomic E-state index is 0. The topological polar surface area (TPSA) is 138 Å². The fraction of sp³-hybridized carbons (Fsp3) is 0.622. The van der Waals surface area contributed by atoms with Crippen molar-refractivity contribution < 1.29 is 0 Å². The second kappa shape index (κ2) is 34.1. The first-order chi connectivity index (χ1) is 42.1. The van der Waals surface area contributed by atoms with Crippen LogP contribution in [0.4, 0.5) is 0 Å². The first kappa shape index (κ1) is 87.2. The van der Waals surface area contributed by atoms with Crippen molar-refractivity contribution in [2.45, 2.75) is 346 Å². The molecule has 14 heteroatoms. The molecule has 0 aliphatic carbocycles. The number of imidazole rings is 4. The highest BCUT2D eigenvalue weighted by Crippen LogP contribution is 2.34. The van der Waals surface area contributed by atoms with Gasteiger partial charge in [-0.25, -0.2) is 38.9 Å². The summed E-state index contributed by atoms with van der Waals surface area (Å²) >= 11 is 0. The molecule has 10 aromatic heterocycles. The van der Waals surface area contributed by atoms with E-state index < -0.39 is 0 Å². The van der Waals surface area contributed by atoms with Crippen LogP contribution in [0.15, 0.2) is 0 Å². The fourth-order valence-corrected chi connectivity index (χ4v) is 14.2. The van der Waals surface area contributed by atoms with Crippen LogP contribution >= 0.6 is 0 Å². The Bertz CT molecular complexity index is 4240. The van der Waals surface area contributed by atoms with Gasteiger partial charge in [0.2, 0.25) is 5.78 Å². The number of fused-ring (bicyclic) bond motifs is 5. The molecule has 0 N–H and O–H groups in total. The Balaban J connectivity index is 0.000000592. The average molecular weight is 1320 g/mol. The molecule has 0 aliphatic heterocycles. The molecule has 10 heterocycles. The van der Waals surface area contributed by atoms with Gasteiger partial charge in [-0.1, -0.05) is 176 Å². The van der Waals surface area contributed by atoms with E-state index in [0.717, 1.165) is 57.0 Å². The van der Waals surface area contributed by atoms with Crippen LogP contribution in [0.5, 0.6) is 0 Å². The Kier molecular flexibility index (Phi) is 31.0. The van der Waals surface area contributed by atoms with Crippen LogP contribution in [0.3, 0.4) is 0 Å². The zero-order valence-electron chi connectivity index (χ0n) is 63.5. The highest BCUT2D eigenvalue weighted by atomic mass is 15.3. The van der Waals surface area contributed by atoms with Crippen molar-refractivity contribution in [1.82, 2.24) is 67.3 Å². The van der Waals surface area contributed by atoms with Gasteiger partial charge in [-0.3, -0.25) is 13.8 Å². The lowest BCUT2D eigenvalue weighted by Gasteiger charge is -2.18. The van der Waals surface area contributed by atoms with Crippen molar-refractivity contribution in [3.63, 3.8) is 0 Å².